The van der Waals surface area contributed by atoms with Crippen molar-refractivity contribution in [2.24, 2.45) is 10.8 Å². The minimum absolute atomic E-state index is 0.0256. The van der Waals surface area contributed by atoms with Gasteiger partial charge in [0.05, 0.1) is 17.5 Å². The number of hydrogen-bond acceptors (Lipinski definition) is 8. The average molecular weight is 582 g/mol. The molecule has 3 N–H and O–H groups in total. The van der Waals surface area contributed by atoms with Crippen LogP contribution in [-0.2, 0) is 0 Å². The van der Waals surface area contributed by atoms with Gasteiger partial charge in [-0.05, 0) is 55.0 Å². The maximum Gasteiger partial charge on any atom is 0.387 e. The van der Waals surface area contributed by atoms with E-state index in [2.05, 4.69) is 15.2 Å². The highest BCUT2D eigenvalue weighted by Gasteiger charge is 2.37. The van der Waals surface area contributed by atoms with Gasteiger partial charge in [0.2, 0.25) is 5.43 Å². The van der Waals surface area contributed by atoms with E-state index in [-0.39, 0.29) is 39.1 Å². The summed E-state index contributed by atoms with van der Waals surface area (Å²) in [5.41, 5.74) is 3.68. The Balaban J connectivity index is 1.49. The molecule has 6 rings (SSSR count). The Morgan fingerprint density at radius 1 is 1.00 bits per heavy atom. The van der Waals surface area contributed by atoms with Gasteiger partial charge in [-0.3, -0.25) is 20.2 Å². The van der Waals surface area contributed by atoms with Crippen molar-refractivity contribution in [3.63, 3.8) is 0 Å². The van der Waals surface area contributed by atoms with Crippen molar-refractivity contribution in [3.05, 3.63) is 117 Å². The molecular weight excluding hydrogens is 561 g/mol. The van der Waals surface area contributed by atoms with E-state index in [9.17, 15) is 26.7 Å². The van der Waals surface area contributed by atoms with Gasteiger partial charge in [-0.1, -0.05) is 18.2 Å². The molecule has 0 fully saturated rings. The highest BCUT2D eigenvalue weighted by molar-refractivity contribution is 5.84. The molecule has 0 amide bonds. The van der Waals surface area contributed by atoms with E-state index in [1.54, 1.807) is 6.92 Å². The van der Waals surface area contributed by atoms with Crippen molar-refractivity contribution in [1.82, 2.24) is 15.4 Å². The molecule has 0 radical (unpaired) electrons. The Labute approximate surface area is 234 Å². The van der Waals surface area contributed by atoms with Crippen LogP contribution in [0.4, 0.5) is 22.0 Å². The van der Waals surface area contributed by atoms with E-state index in [1.807, 2.05) is 0 Å². The monoisotopic (exact) mass is 581 g/mol. The summed E-state index contributed by atoms with van der Waals surface area (Å²) in [5, 5.41) is 2.41. The number of halogens is 5. The van der Waals surface area contributed by atoms with Crippen molar-refractivity contribution in [3.8, 4) is 16.9 Å². The molecule has 0 bridgehead atoms. The lowest BCUT2D eigenvalue weighted by Gasteiger charge is -2.30. The van der Waals surface area contributed by atoms with E-state index in [0.29, 0.717) is 11.4 Å². The predicted molar refractivity (Wildman–Crippen MR) is 144 cm³/mol. The largest absolute Gasteiger partial charge is 0.458 e. The van der Waals surface area contributed by atoms with Gasteiger partial charge < -0.3 is 9.15 Å². The van der Waals surface area contributed by atoms with Gasteiger partial charge in [0.1, 0.15) is 52.1 Å². The molecule has 3 aromatic carbocycles. The average Bonchev–Trinajstić information content (AvgIpc) is 3.34. The fourth-order valence-electron chi connectivity index (χ4n) is 4.99. The number of aliphatic imine (C=N–C) groups is 1. The summed E-state index contributed by atoms with van der Waals surface area (Å²) in [6.07, 6.45) is 2.76. The van der Waals surface area contributed by atoms with Gasteiger partial charge in [0, 0.05) is 5.56 Å². The first-order valence-electron chi connectivity index (χ1n) is 12.5. The third-order valence-corrected chi connectivity index (χ3v) is 6.83. The van der Waals surface area contributed by atoms with Crippen molar-refractivity contribution in [2.75, 3.05) is 0 Å². The zero-order valence-electron chi connectivity index (χ0n) is 21.6. The van der Waals surface area contributed by atoms with Gasteiger partial charge in [0.25, 0.3) is 0 Å². The zero-order valence-corrected chi connectivity index (χ0v) is 21.6. The van der Waals surface area contributed by atoms with Gasteiger partial charge >= 0.3 is 6.61 Å². The molecule has 42 heavy (non-hydrogen) atoms. The molecule has 0 spiro atoms. The molecule has 1 atom stereocenters. The number of hydrazine groups is 2. The number of nitrogens with one attached hydrogen (secondary N) is 1. The van der Waals surface area contributed by atoms with Crippen molar-refractivity contribution >= 4 is 23.0 Å². The molecule has 8 nitrogen and oxygen atoms in total. The molecule has 4 aromatic rings. The topological polar surface area (TPSA) is 96.3 Å². The Kier molecular flexibility index (Phi) is 6.65. The summed E-state index contributed by atoms with van der Waals surface area (Å²) in [6.45, 7) is -1.55. The minimum Gasteiger partial charge on any atom is -0.458 e. The van der Waals surface area contributed by atoms with Crippen LogP contribution in [0.15, 0.2) is 92.5 Å². The molecular formula is C29H20F5N5O3. The molecule has 3 heterocycles. The lowest BCUT2D eigenvalue weighted by molar-refractivity contribution is -0.0521. The zero-order chi connectivity index (χ0) is 29.7. The van der Waals surface area contributed by atoms with Crippen LogP contribution in [0.25, 0.3) is 27.8 Å². The maximum absolute atomic E-state index is 14.8. The minimum atomic E-state index is -3.21. The summed E-state index contributed by atoms with van der Waals surface area (Å²) in [5.74, 6) is 3.14. The summed E-state index contributed by atoms with van der Waals surface area (Å²) in [4.78, 5) is 17.8. The van der Waals surface area contributed by atoms with Crippen LogP contribution in [-0.4, -0.2) is 23.0 Å². The highest BCUT2D eigenvalue weighted by atomic mass is 19.3. The molecule has 2 aliphatic heterocycles. The summed E-state index contributed by atoms with van der Waals surface area (Å²) >= 11 is 0. The van der Waals surface area contributed by atoms with Gasteiger partial charge in [-0.2, -0.15) is 8.78 Å². The third kappa shape index (κ3) is 4.53. The number of fused-ring (bicyclic) bond motifs is 2. The number of hydrogen-bond donors (Lipinski definition) is 2. The quantitative estimate of drug-likeness (QED) is 0.220. The molecule has 0 saturated heterocycles. The Morgan fingerprint density at radius 3 is 2.52 bits per heavy atom. The SMILES string of the molecule is CC(c1oc2cccc(F)c2c(=O)c1-c1cccc(F)c1)N1NC(c2ccc(OC(F)F)c(F)c2)=C2C1=CN=CN2N. The molecule has 2 aliphatic rings. The van der Waals surface area contributed by atoms with Crippen LogP contribution >= 0.6 is 0 Å². The Bertz CT molecular complexity index is 1890. The van der Waals surface area contributed by atoms with Crippen LogP contribution in [0.5, 0.6) is 5.75 Å². The number of ether oxygens (including phenoxy) is 1. The number of alkyl halides is 2. The second kappa shape index (κ2) is 10.3. The maximum atomic E-state index is 14.8. The van der Waals surface area contributed by atoms with E-state index < -0.39 is 41.3 Å². The lowest BCUT2D eigenvalue weighted by Crippen LogP contribution is -2.36. The van der Waals surface area contributed by atoms with Crippen LogP contribution < -0.4 is 21.4 Å². The second-order valence-corrected chi connectivity index (χ2v) is 9.38. The summed E-state index contributed by atoms with van der Waals surface area (Å²) in [6, 6.07) is 11.8. The molecule has 1 aromatic heterocycles. The van der Waals surface area contributed by atoms with Gasteiger partial charge in [-0.25, -0.2) is 24.0 Å². The van der Waals surface area contributed by atoms with Crippen LogP contribution in [0.3, 0.4) is 0 Å². The molecule has 1 unspecified atom stereocenters. The van der Waals surface area contributed by atoms with Crippen molar-refractivity contribution < 1.29 is 31.1 Å². The number of nitrogens with two attached hydrogens (primary N) is 1. The lowest BCUT2D eigenvalue weighted by atomic mass is 9.98. The standard InChI is InChI=1S/C29H20F5N5O3/c1-14(28-23(15-4-2-5-17(30)10-15)27(40)24-18(31)6-3-7-22(24)41-28)39-20-12-36-13-38(35)26(20)25(37-39)16-8-9-21(19(32)11-16)42-29(33)34/h2-14,29,37H,35H2,1H3. The molecule has 0 saturated carbocycles. The van der Waals surface area contributed by atoms with Crippen LogP contribution in [0, 0.1) is 17.5 Å². The third-order valence-electron chi connectivity index (χ3n) is 6.83. The highest BCUT2D eigenvalue weighted by Crippen LogP contribution is 2.41. The van der Waals surface area contributed by atoms with Gasteiger partial charge in [0.15, 0.2) is 11.6 Å². The van der Waals surface area contributed by atoms with Crippen LogP contribution in [0.1, 0.15) is 24.3 Å². The molecule has 0 aliphatic carbocycles. The first-order valence-corrected chi connectivity index (χ1v) is 12.5. The van der Waals surface area contributed by atoms with Crippen LogP contribution in [0.2, 0.25) is 0 Å². The van der Waals surface area contributed by atoms with E-state index >= 15 is 0 Å². The fourth-order valence-corrected chi connectivity index (χ4v) is 4.99. The summed E-state index contributed by atoms with van der Waals surface area (Å²) < 4.78 is 79.4. The Morgan fingerprint density at radius 2 is 1.79 bits per heavy atom. The molecule has 13 heteroatoms. The van der Waals surface area contributed by atoms with Crippen molar-refractivity contribution in [2.45, 2.75) is 19.6 Å². The first-order chi connectivity index (χ1) is 20.1. The predicted octanol–water partition coefficient (Wildman–Crippen LogP) is 5.79. The molecule has 214 valence electrons. The number of rotatable bonds is 6. The van der Waals surface area contributed by atoms with Gasteiger partial charge in [-0.15, -0.1) is 0 Å². The smallest absolute Gasteiger partial charge is 0.387 e. The summed E-state index contributed by atoms with van der Waals surface area (Å²) in [7, 11) is 0. The second-order valence-electron chi connectivity index (χ2n) is 9.38. The normalized spacial score (nSPS) is 15.3. The van der Waals surface area contributed by atoms with E-state index in [1.165, 1.54) is 59.0 Å². The number of benzene rings is 3. The fraction of sp³-hybridized carbons (Fsp3) is 0.103. The first kappa shape index (κ1) is 27.0. The Hall–Kier alpha value is -5.17. The van der Waals surface area contributed by atoms with Crippen molar-refractivity contribution in [1.29, 1.82) is 0 Å². The van der Waals surface area contributed by atoms with E-state index in [4.69, 9.17) is 10.3 Å². The number of nitrogens with zero attached hydrogens (tertiary/aromatic N) is 3. The van der Waals surface area contributed by atoms with E-state index in [0.717, 1.165) is 24.3 Å².